The van der Waals surface area contributed by atoms with E-state index in [9.17, 15) is 0 Å². The third-order valence-corrected chi connectivity index (χ3v) is 4.51. The molecule has 1 fully saturated rings. The van der Waals surface area contributed by atoms with Gasteiger partial charge in [0.1, 0.15) is 5.82 Å². The molecule has 1 aliphatic heterocycles. The standard InChI is InChI=1S/C10H12BrClN2S/c1-14(8-2-3-15-6-8)10-9(11)4-7(12)5-13-10/h4-5,8H,2-3,6H2,1H3. The second-order valence-electron chi connectivity index (χ2n) is 3.59. The largest absolute Gasteiger partial charge is 0.355 e. The maximum atomic E-state index is 5.87. The van der Waals surface area contributed by atoms with Crippen LogP contribution in [0.3, 0.4) is 0 Å². The number of hydrogen-bond donors (Lipinski definition) is 0. The quantitative estimate of drug-likeness (QED) is 0.832. The summed E-state index contributed by atoms with van der Waals surface area (Å²) in [6.07, 6.45) is 2.93. The molecule has 1 aromatic rings. The number of nitrogens with zero attached hydrogens (tertiary/aromatic N) is 2. The highest BCUT2D eigenvalue weighted by Crippen LogP contribution is 2.30. The minimum Gasteiger partial charge on any atom is -0.355 e. The molecule has 2 rings (SSSR count). The van der Waals surface area contributed by atoms with Crippen molar-refractivity contribution in [1.29, 1.82) is 0 Å². The zero-order valence-electron chi connectivity index (χ0n) is 8.41. The monoisotopic (exact) mass is 306 g/mol. The van der Waals surface area contributed by atoms with Crippen LogP contribution in [-0.2, 0) is 0 Å². The first-order chi connectivity index (χ1) is 7.18. The van der Waals surface area contributed by atoms with Gasteiger partial charge in [-0.2, -0.15) is 11.8 Å². The van der Waals surface area contributed by atoms with Gasteiger partial charge in [-0.1, -0.05) is 11.6 Å². The second kappa shape index (κ2) is 4.93. The van der Waals surface area contributed by atoms with Gasteiger partial charge in [0, 0.05) is 25.0 Å². The smallest absolute Gasteiger partial charge is 0.142 e. The highest BCUT2D eigenvalue weighted by molar-refractivity contribution is 9.10. The Bertz CT molecular complexity index is 355. The first-order valence-corrected chi connectivity index (χ1v) is 7.12. The average molecular weight is 308 g/mol. The molecule has 0 spiro atoms. The highest BCUT2D eigenvalue weighted by Gasteiger charge is 2.22. The maximum Gasteiger partial charge on any atom is 0.142 e. The number of hydrogen-bond acceptors (Lipinski definition) is 3. The number of anilines is 1. The van der Waals surface area contributed by atoms with Crippen LogP contribution in [0.5, 0.6) is 0 Å². The van der Waals surface area contributed by atoms with E-state index in [-0.39, 0.29) is 0 Å². The van der Waals surface area contributed by atoms with Crippen molar-refractivity contribution < 1.29 is 0 Å². The van der Waals surface area contributed by atoms with Gasteiger partial charge in [-0.05, 0) is 34.2 Å². The van der Waals surface area contributed by atoms with Crippen LogP contribution >= 0.6 is 39.3 Å². The molecule has 0 saturated carbocycles. The fourth-order valence-electron chi connectivity index (χ4n) is 1.67. The van der Waals surface area contributed by atoms with E-state index in [1.54, 1.807) is 6.20 Å². The van der Waals surface area contributed by atoms with Gasteiger partial charge in [-0.3, -0.25) is 0 Å². The Balaban J connectivity index is 2.20. The Kier molecular flexibility index (Phi) is 3.80. The molecule has 1 saturated heterocycles. The number of aromatic nitrogens is 1. The predicted octanol–water partition coefficient (Wildman–Crippen LogP) is 3.44. The summed E-state index contributed by atoms with van der Waals surface area (Å²) in [6, 6.07) is 2.49. The first-order valence-electron chi connectivity index (χ1n) is 4.80. The fourth-order valence-corrected chi connectivity index (χ4v) is 3.85. The lowest BCUT2D eigenvalue weighted by Gasteiger charge is -2.25. The Morgan fingerprint density at radius 1 is 1.67 bits per heavy atom. The molecule has 1 aliphatic rings. The number of thioether (sulfide) groups is 1. The topological polar surface area (TPSA) is 16.1 Å². The van der Waals surface area contributed by atoms with Gasteiger partial charge in [-0.25, -0.2) is 4.98 Å². The van der Waals surface area contributed by atoms with E-state index < -0.39 is 0 Å². The van der Waals surface area contributed by atoms with E-state index >= 15 is 0 Å². The van der Waals surface area contributed by atoms with Crippen LogP contribution in [0.25, 0.3) is 0 Å². The summed E-state index contributed by atoms with van der Waals surface area (Å²) in [4.78, 5) is 6.60. The predicted molar refractivity (Wildman–Crippen MR) is 71.1 cm³/mol. The Hall–Kier alpha value is 0.0700. The van der Waals surface area contributed by atoms with Crippen molar-refractivity contribution in [1.82, 2.24) is 4.98 Å². The van der Waals surface area contributed by atoms with Crippen LogP contribution in [0.4, 0.5) is 5.82 Å². The van der Waals surface area contributed by atoms with Gasteiger partial charge in [0.05, 0.1) is 9.50 Å². The summed E-state index contributed by atoms with van der Waals surface area (Å²) in [7, 11) is 2.09. The summed E-state index contributed by atoms with van der Waals surface area (Å²) in [6.45, 7) is 0. The molecule has 1 unspecified atom stereocenters. The normalized spacial score (nSPS) is 20.6. The third kappa shape index (κ3) is 2.60. The summed E-state index contributed by atoms with van der Waals surface area (Å²) >= 11 is 11.4. The molecular weight excluding hydrogens is 296 g/mol. The van der Waals surface area contributed by atoms with Crippen molar-refractivity contribution >= 4 is 45.1 Å². The van der Waals surface area contributed by atoms with Crippen molar-refractivity contribution in [3.8, 4) is 0 Å². The van der Waals surface area contributed by atoms with Crippen LogP contribution in [0, 0.1) is 0 Å². The van der Waals surface area contributed by atoms with Crippen LogP contribution in [0.2, 0.25) is 5.02 Å². The lowest BCUT2D eigenvalue weighted by atomic mass is 10.2. The van der Waals surface area contributed by atoms with E-state index in [1.807, 2.05) is 17.8 Å². The number of halogens is 2. The zero-order chi connectivity index (χ0) is 10.8. The van der Waals surface area contributed by atoms with Gasteiger partial charge in [0.15, 0.2) is 0 Å². The van der Waals surface area contributed by atoms with Crippen molar-refractivity contribution in [2.24, 2.45) is 0 Å². The molecule has 15 heavy (non-hydrogen) atoms. The van der Waals surface area contributed by atoms with Crippen LogP contribution in [-0.4, -0.2) is 29.6 Å². The van der Waals surface area contributed by atoms with E-state index in [0.717, 1.165) is 10.3 Å². The number of rotatable bonds is 2. The molecular formula is C10H12BrClN2S. The number of pyridine rings is 1. The molecule has 0 N–H and O–H groups in total. The molecule has 2 nitrogen and oxygen atoms in total. The van der Waals surface area contributed by atoms with Gasteiger partial charge in [0.25, 0.3) is 0 Å². The summed E-state index contributed by atoms with van der Waals surface area (Å²) < 4.78 is 0.967. The molecule has 1 atom stereocenters. The lowest BCUT2D eigenvalue weighted by molar-refractivity contribution is 0.690. The third-order valence-electron chi connectivity index (χ3n) is 2.58. The van der Waals surface area contributed by atoms with Crippen molar-refractivity contribution in [3.63, 3.8) is 0 Å². The van der Waals surface area contributed by atoms with Gasteiger partial charge < -0.3 is 4.90 Å². The SMILES string of the molecule is CN(c1ncc(Cl)cc1Br)C1CCSC1. The molecule has 5 heteroatoms. The molecule has 82 valence electrons. The first kappa shape index (κ1) is 11.6. The van der Waals surface area contributed by atoms with Gasteiger partial charge in [0.2, 0.25) is 0 Å². The van der Waals surface area contributed by atoms with Crippen molar-refractivity contribution in [2.45, 2.75) is 12.5 Å². The van der Waals surface area contributed by atoms with E-state index in [4.69, 9.17) is 11.6 Å². The Labute approximate surface area is 108 Å². The maximum absolute atomic E-state index is 5.87. The van der Waals surface area contributed by atoms with Crippen LogP contribution < -0.4 is 4.90 Å². The van der Waals surface area contributed by atoms with Crippen LogP contribution in [0.15, 0.2) is 16.7 Å². The highest BCUT2D eigenvalue weighted by atomic mass is 79.9. The summed E-state index contributed by atoms with van der Waals surface area (Å²) in [5.41, 5.74) is 0. The lowest BCUT2D eigenvalue weighted by Crippen LogP contribution is -2.32. The van der Waals surface area contributed by atoms with Crippen molar-refractivity contribution in [2.75, 3.05) is 23.5 Å². The van der Waals surface area contributed by atoms with Crippen molar-refractivity contribution in [3.05, 3.63) is 21.8 Å². The molecule has 0 aliphatic carbocycles. The molecule has 0 amide bonds. The Morgan fingerprint density at radius 2 is 2.47 bits per heavy atom. The molecule has 1 aromatic heterocycles. The average Bonchev–Trinajstić information content (AvgIpc) is 2.69. The molecule has 0 aromatic carbocycles. The van der Waals surface area contributed by atoms with Gasteiger partial charge in [-0.15, -0.1) is 0 Å². The molecule has 0 bridgehead atoms. The zero-order valence-corrected chi connectivity index (χ0v) is 11.6. The Morgan fingerprint density at radius 3 is 3.07 bits per heavy atom. The van der Waals surface area contributed by atoms with E-state index in [0.29, 0.717) is 11.1 Å². The summed E-state index contributed by atoms with van der Waals surface area (Å²) in [5.74, 6) is 3.42. The molecule has 2 heterocycles. The van der Waals surface area contributed by atoms with Crippen LogP contribution in [0.1, 0.15) is 6.42 Å². The second-order valence-corrected chi connectivity index (χ2v) is 6.03. The van der Waals surface area contributed by atoms with E-state index in [1.165, 1.54) is 17.9 Å². The summed E-state index contributed by atoms with van der Waals surface area (Å²) in [5, 5.41) is 0.667. The fraction of sp³-hybridized carbons (Fsp3) is 0.500. The minimum absolute atomic E-state index is 0.597. The van der Waals surface area contributed by atoms with E-state index in [2.05, 4.69) is 32.9 Å². The molecule has 0 radical (unpaired) electrons. The van der Waals surface area contributed by atoms with Gasteiger partial charge >= 0.3 is 0 Å². The minimum atomic E-state index is 0.597.